The highest BCUT2D eigenvalue weighted by molar-refractivity contribution is 7.07. The zero-order valence-electron chi connectivity index (χ0n) is 12.9. The van der Waals surface area contributed by atoms with Crippen LogP contribution in [0.15, 0.2) is 35.0 Å². The van der Waals surface area contributed by atoms with E-state index >= 15 is 0 Å². The lowest BCUT2D eigenvalue weighted by Crippen LogP contribution is -2.38. The van der Waals surface area contributed by atoms with E-state index in [1.807, 2.05) is 30.5 Å². The maximum atomic E-state index is 12.0. The maximum Gasteiger partial charge on any atom is 0.315 e. The molecular formula is C17H19N3O2S. The van der Waals surface area contributed by atoms with Crippen LogP contribution >= 0.6 is 11.3 Å². The van der Waals surface area contributed by atoms with E-state index in [2.05, 4.69) is 27.4 Å². The molecule has 3 amide bonds. The lowest BCUT2D eigenvalue weighted by atomic mass is 10.0. The fourth-order valence-electron chi connectivity index (χ4n) is 2.60. The number of amides is 3. The number of urea groups is 1. The Kier molecular flexibility index (Phi) is 4.62. The fraction of sp³-hybridized carbons (Fsp3) is 0.294. The van der Waals surface area contributed by atoms with Crippen molar-refractivity contribution in [3.8, 4) is 0 Å². The minimum Gasteiger partial charge on any atom is -0.338 e. The first-order valence-corrected chi connectivity index (χ1v) is 8.54. The molecule has 2 heterocycles. The first kappa shape index (κ1) is 15.6. The van der Waals surface area contributed by atoms with Gasteiger partial charge in [-0.3, -0.25) is 4.79 Å². The van der Waals surface area contributed by atoms with Gasteiger partial charge < -0.3 is 16.0 Å². The number of thiophene rings is 1. The van der Waals surface area contributed by atoms with Gasteiger partial charge in [0.1, 0.15) is 0 Å². The van der Waals surface area contributed by atoms with Gasteiger partial charge in [-0.25, -0.2) is 4.79 Å². The largest absolute Gasteiger partial charge is 0.338 e. The Morgan fingerprint density at radius 2 is 2.26 bits per heavy atom. The summed E-state index contributed by atoms with van der Waals surface area (Å²) in [6.45, 7) is 2.54. The zero-order valence-corrected chi connectivity index (χ0v) is 13.7. The minimum atomic E-state index is -0.178. The van der Waals surface area contributed by atoms with E-state index < -0.39 is 0 Å². The molecule has 3 rings (SSSR count). The Balaban J connectivity index is 1.50. The smallest absolute Gasteiger partial charge is 0.315 e. The molecule has 6 heteroatoms. The second-order valence-corrected chi connectivity index (χ2v) is 6.43. The minimum absolute atomic E-state index is 0.0175. The topological polar surface area (TPSA) is 70.2 Å². The van der Waals surface area contributed by atoms with Gasteiger partial charge in [0, 0.05) is 12.2 Å². The van der Waals surface area contributed by atoms with Crippen LogP contribution in [0.25, 0.3) is 0 Å². The number of hydrogen-bond acceptors (Lipinski definition) is 3. The van der Waals surface area contributed by atoms with Gasteiger partial charge in [-0.05, 0) is 52.9 Å². The Labute approximate surface area is 139 Å². The molecule has 5 nitrogen and oxygen atoms in total. The van der Waals surface area contributed by atoms with Crippen molar-refractivity contribution in [1.82, 2.24) is 10.6 Å². The number of rotatable bonds is 5. The number of carbonyl (C=O) groups is 2. The van der Waals surface area contributed by atoms with Crippen molar-refractivity contribution in [3.63, 3.8) is 0 Å². The summed E-state index contributed by atoms with van der Waals surface area (Å²) in [5.74, 6) is 0.0175. The average Bonchev–Trinajstić information content (AvgIpc) is 3.14. The van der Waals surface area contributed by atoms with Crippen molar-refractivity contribution in [1.29, 1.82) is 0 Å². The van der Waals surface area contributed by atoms with Crippen LogP contribution in [0, 0.1) is 0 Å². The SMILES string of the molecule is CC(NC(=O)NCCc1ccsc1)c1ccc2c(c1)CC(=O)N2. The van der Waals surface area contributed by atoms with Crippen molar-refractivity contribution < 1.29 is 9.59 Å². The summed E-state index contributed by atoms with van der Waals surface area (Å²) in [6, 6.07) is 7.57. The van der Waals surface area contributed by atoms with Crippen molar-refractivity contribution in [2.75, 3.05) is 11.9 Å². The molecular weight excluding hydrogens is 310 g/mol. The van der Waals surface area contributed by atoms with E-state index in [0.717, 1.165) is 23.2 Å². The van der Waals surface area contributed by atoms with Crippen molar-refractivity contribution in [2.45, 2.75) is 25.8 Å². The molecule has 1 aliphatic rings. The normalized spacial score (nSPS) is 14.0. The number of hydrogen-bond donors (Lipinski definition) is 3. The summed E-state index contributed by atoms with van der Waals surface area (Å²) in [6.07, 6.45) is 1.24. The van der Waals surface area contributed by atoms with Crippen LogP contribution in [0.2, 0.25) is 0 Å². The Morgan fingerprint density at radius 1 is 1.39 bits per heavy atom. The second kappa shape index (κ2) is 6.83. The number of anilines is 1. The van der Waals surface area contributed by atoms with E-state index in [9.17, 15) is 9.59 Å². The first-order valence-electron chi connectivity index (χ1n) is 7.60. The molecule has 1 aromatic heterocycles. The van der Waals surface area contributed by atoms with Crippen LogP contribution in [0.4, 0.5) is 10.5 Å². The molecule has 0 fully saturated rings. The molecule has 0 bridgehead atoms. The summed E-state index contributed by atoms with van der Waals surface area (Å²) in [7, 11) is 0. The molecule has 3 N–H and O–H groups in total. The highest BCUT2D eigenvalue weighted by Crippen LogP contribution is 2.26. The summed E-state index contributed by atoms with van der Waals surface area (Å²) in [5.41, 5.74) is 4.08. The molecule has 0 radical (unpaired) electrons. The number of benzene rings is 1. The number of fused-ring (bicyclic) bond motifs is 1. The van der Waals surface area contributed by atoms with Gasteiger partial charge in [-0.2, -0.15) is 11.3 Å². The van der Waals surface area contributed by atoms with Crippen LogP contribution in [-0.4, -0.2) is 18.5 Å². The van der Waals surface area contributed by atoms with E-state index in [-0.39, 0.29) is 18.0 Å². The third-order valence-corrected chi connectivity index (χ3v) is 4.61. The highest BCUT2D eigenvalue weighted by atomic mass is 32.1. The van der Waals surface area contributed by atoms with Gasteiger partial charge in [0.15, 0.2) is 0 Å². The summed E-state index contributed by atoms with van der Waals surface area (Å²) >= 11 is 1.66. The molecule has 0 spiro atoms. The van der Waals surface area contributed by atoms with E-state index in [1.165, 1.54) is 5.56 Å². The van der Waals surface area contributed by atoms with Crippen LogP contribution in [0.1, 0.15) is 29.7 Å². The van der Waals surface area contributed by atoms with Gasteiger partial charge in [-0.15, -0.1) is 0 Å². The molecule has 23 heavy (non-hydrogen) atoms. The Bertz CT molecular complexity index is 713. The van der Waals surface area contributed by atoms with E-state index in [0.29, 0.717) is 13.0 Å². The third-order valence-electron chi connectivity index (χ3n) is 3.88. The van der Waals surface area contributed by atoms with E-state index in [4.69, 9.17) is 0 Å². The summed E-state index contributed by atoms with van der Waals surface area (Å²) in [4.78, 5) is 23.3. The van der Waals surface area contributed by atoms with Crippen LogP contribution in [0.3, 0.4) is 0 Å². The molecule has 1 aliphatic heterocycles. The van der Waals surface area contributed by atoms with E-state index in [1.54, 1.807) is 11.3 Å². The highest BCUT2D eigenvalue weighted by Gasteiger charge is 2.19. The second-order valence-electron chi connectivity index (χ2n) is 5.65. The molecule has 0 saturated heterocycles. The zero-order chi connectivity index (χ0) is 16.2. The van der Waals surface area contributed by atoms with Crippen molar-refractivity contribution >= 4 is 29.0 Å². The van der Waals surface area contributed by atoms with Gasteiger partial charge in [0.05, 0.1) is 12.5 Å². The molecule has 1 atom stereocenters. The number of carbonyl (C=O) groups excluding carboxylic acids is 2. The molecule has 2 aromatic rings. The van der Waals surface area contributed by atoms with Crippen LogP contribution in [-0.2, 0) is 17.6 Å². The average molecular weight is 329 g/mol. The van der Waals surface area contributed by atoms with Crippen LogP contribution in [0.5, 0.6) is 0 Å². The van der Waals surface area contributed by atoms with Crippen molar-refractivity contribution in [3.05, 3.63) is 51.7 Å². The monoisotopic (exact) mass is 329 g/mol. The summed E-state index contributed by atoms with van der Waals surface area (Å²) < 4.78 is 0. The fourth-order valence-corrected chi connectivity index (χ4v) is 3.31. The molecule has 0 saturated carbocycles. The third kappa shape index (κ3) is 3.90. The maximum absolute atomic E-state index is 12.0. The van der Waals surface area contributed by atoms with Gasteiger partial charge in [0.25, 0.3) is 0 Å². The predicted octanol–water partition coefficient (Wildman–Crippen LogP) is 2.85. The molecule has 1 unspecified atom stereocenters. The van der Waals surface area contributed by atoms with Crippen molar-refractivity contribution in [2.24, 2.45) is 0 Å². The standard InChI is InChI=1S/C17H19N3O2S/c1-11(13-2-3-15-14(8-13)9-16(21)20-15)19-17(22)18-6-4-12-5-7-23-10-12/h2-3,5,7-8,10-11H,4,6,9H2,1H3,(H,20,21)(H2,18,19,22). The van der Waals surface area contributed by atoms with Gasteiger partial charge in [0.2, 0.25) is 5.91 Å². The Morgan fingerprint density at radius 3 is 3.04 bits per heavy atom. The first-order chi connectivity index (χ1) is 11.1. The Hall–Kier alpha value is -2.34. The van der Waals surface area contributed by atoms with Crippen LogP contribution < -0.4 is 16.0 Å². The molecule has 1 aromatic carbocycles. The van der Waals surface area contributed by atoms with Gasteiger partial charge in [-0.1, -0.05) is 12.1 Å². The molecule has 0 aliphatic carbocycles. The predicted molar refractivity (Wildman–Crippen MR) is 91.7 cm³/mol. The summed E-state index contributed by atoms with van der Waals surface area (Å²) in [5, 5.41) is 12.7. The lowest BCUT2D eigenvalue weighted by Gasteiger charge is -2.16. The van der Waals surface area contributed by atoms with Gasteiger partial charge >= 0.3 is 6.03 Å². The quantitative estimate of drug-likeness (QED) is 0.789. The molecule has 120 valence electrons. The number of nitrogens with one attached hydrogen (secondary N) is 3. The lowest BCUT2D eigenvalue weighted by molar-refractivity contribution is -0.115.